The van der Waals surface area contributed by atoms with E-state index in [-0.39, 0.29) is 5.91 Å². The van der Waals surface area contributed by atoms with E-state index < -0.39 is 5.41 Å². The van der Waals surface area contributed by atoms with Crippen LogP contribution < -0.4 is 5.32 Å². The van der Waals surface area contributed by atoms with Crippen molar-refractivity contribution >= 4 is 5.91 Å². The zero-order chi connectivity index (χ0) is 9.35. The van der Waals surface area contributed by atoms with Gasteiger partial charge in [0, 0.05) is 6.04 Å². The molecule has 3 nitrogen and oxygen atoms in total. The van der Waals surface area contributed by atoms with Crippen LogP contribution in [-0.2, 0) is 4.79 Å². The number of nitriles is 1. The number of carbonyl (C=O) groups is 1. The molecule has 0 spiro atoms. The van der Waals surface area contributed by atoms with Gasteiger partial charge in [0.25, 0.3) is 0 Å². The number of nitrogens with one attached hydrogen (secondary N) is 1. The van der Waals surface area contributed by atoms with Crippen LogP contribution in [-0.4, -0.2) is 11.9 Å². The summed E-state index contributed by atoms with van der Waals surface area (Å²) in [6, 6.07) is 2.29. The van der Waals surface area contributed by atoms with Crippen molar-refractivity contribution in [1.29, 1.82) is 5.26 Å². The molecule has 0 aliphatic heterocycles. The van der Waals surface area contributed by atoms with Gasteiger partial charge in [0.2, 0.25) is 5.91 Å². The molecule has 2 atom stereocenters. The number of nitrogens with zero attached hydrogens (tertiary/aromatic N) is 1. The smallest absolute Gasteiger partial charge is 0.240 e. The maximum absolute atomic E-state index is 11.4. The Morgan fingerprint density at radius 1 is 1.67 bits per heavy atom. The molecule has 1 N–H and O–H groups in total. The lowest BCUT2D eigenvalue weighted by atomic mass is 9.95. The Kier molecular flexibility index (Phi) is 2.10. The molecular formula is C9H14N2O. The van der Waals surface area contributed by atoms with E-state index in [4.69, 9.17) is 5.26 Å². The lowest BCUT2D eigenvalue weighted by molar-refractivity contribution is -0.127. The van der Waals surface area contributed by atoms with Crippen LogP contribution >= 0.6 is 0 Å². The molecule has 0 aromatic carbocycles. The van der Waals surface area contributed by atoms with Gasteiger partial charge in [0.15, 0.2) is 0 Å². The van der Waals surface area contributed by atoms with E-state index in [1.54, 1.807) is 13.8 Å². The summed E-state index contributed by atoms with van der Waals surface area (Å²) < 4.78 is 0. The molecule has 1 amide bonds. The third-order valence-electron chi connectivity index (χ3n) is 2.27. The van der Waals surface area contributed by atoms with Gasteiger partial charge in [-0.05, 0) is 26.2 Å². The van der Waals surface area contributed by atoms with Gasteiger partial charge in [0.05, 0.1) is 6.07 Å². The first-order chi connectivity index (χ1) is 5.47. The Bertz CT molecular complexity index is 239. The highest BCUT2D eigenvalue weighted by molar-refractivity contribution is 5.85. The molecule has 1 saturated carbocycles. The number of amides is 1. The number of rotatable bonds is 2. The first-order valence-electron chi connectivity index (χ1n) is 4.19. The van der Waals surface area contributed by atoms with E-state index in [1.165, 1.54) is 0 Å². The second kappa shape index (κ2) is 2.78. The first kappa shape index (κ1) is 9.05. The summed E-state index contributed by atoms with van der Waals surface area (Å²) in [5, 5.41) is 11.5. The third-order valence-corrected chi connectivity index (χ3v) is 2.27. The fourth-order valence-electron chi connectivity index (χ4n) is 0.923. The minimum atomic E-state index is -0.887. The minimum Gasteiger partial charge on any atom is -0.352 e. The van der Waals surface area contributed by atoms with Gasteiger partial charge in [-0.3, -0.25) is 4.79 Å². The summed E-state index contributed by atoms with van der Waals surface area (Å²) in [5.41, 5.74) is -0.887. The summed E-state index contributed by atoms with van der Waals surface area (Å²) in [7, 11) is 0. The Balaban J connectivity index is 2.44. The van der Waals surface area contributed by atoms with E-state index in [9.17, 15) is 4.79 Å². The molecule has 0 bridgehead atoms. The topological polar surface area (TPSA) is 52.9 Å². The molecule has 1 aliphatic carbocycles. The molecule has 1 rings (SSSR count). The molecule has 2 unspecified atom stereocenters. The van der Waals surface area contributed by atoms with Crippen LogP contribution in [0.2, 0.25) is 0 Å². The Hall–Kier alpha value is -1.04. The van der Waals surface area contributed by atoms with Crippen molar-refractivity contribution < 1.29 is 4.79 Å². The van der Waals surface area contributed by atoms with Crippen molar-refractivity contribution in [2.45, 2.75) is 33.2 Å². The monoisotopic (exact) mass is 166 g/mol. The van der Waals surface area contributed by atoms with E-state index >= 15 is 0 Å². The summed E-state index contributed by atoms with van der Waals surface area (Å²) in [6.45, 7) is 5.36. The molecule has 12 heavy (non-hydrogen) atoms. The Labute approximate surface area is 72.8 Å². The first-order valence-corrected chi connectivity index (χ1v) is 4.19. The molecule has 0 heterocycles. The molecule has 0 aromatic rings. The highest BCUT2D eigenvalue weighted by Crippen LogP contribution is 2.30. The zero-order valence-electron chi connectivity index (χ0n) is 7.72. The molecule has 0 aromatic heterocycles. The van der Waals surface area contributed by atoms with Gasteiger partial charge < -0.3 is 5.32 Å². The second-order valence-corrected chi connectivity index (χ2v) is 4.03. The lowest BCUT2D eigenvalue weighted by Crippen LogP contribution is -2.37. The van der Waals surface area contributed by atoms with Gasteiger partial charge in [0.1, 0.15) is 5.41 Å². The fraction of sp³-hybridized carbons (Fsp3) is 0.778. The van der Waals surface area contributed by atoms with Crippen LogP contribution in [0.3, 0.4) is 0 Å². The highest BCUT2D eigenvalue weighted by Gasteiger charge is 2.37. The average Bonchev–Trinajstić information content (AvgIpc) is 2.66. The molecule has 3 heteroatoms. The predicted octanol–water partition coefficient (Wildman–Crippen LogP) is 1.06. The van der Waals surface area contributed by atoms with Gasteiger partial charge in [-0.25, -0.2) is 0 Å². The van der Waals surface area contributed by atoms with Crippen molar-refractivity contribution in [3.8, 4) is 6.07 Å². The van der Waals surface area contributed by atoms with Crippen molar-refractivity contribution in [3.05, 3.63) is 0 Å². The SMILES string of the molecule is CC1CC1NC(=O)C(C)(C)C#N. The maximum Gasteiger partial charge on any atom is 0.240 e. The van der Waals surface area contributed by atoms with E-state index in [0.29, 0.717) is 12.0 Å². The predicted molar refractivity (Wildman–Crippen MR) is 45.1 cm³/mol. The largest absolute Gasteiger partial charge is 0.352 e. The summed E-state index contributed by atoms with van der Waals surface area (Å²) in [5.74, 6) is 0.433. The molecule has 0 saturated heterocycles. The van der Waals surface area contributed by atoms with Crippen LogP contribution in [0, 0.1) is 22.7 Å². The quantitative estimate of drug-likeness (QED) is 0.667. The summed E-state index contributed by atoms with van der Waals surface area (Å²) in [6.07, 6.45) is 1.05. The highest BCUT2D eigenvalue weighted by atomic mass is 16.2. The van der Waals surface area contributed by atoms with Crippen molar-refractivity contribution in [3.63, 3.8) is 0 Å². The maximum atomic E-state index is 11.4. The van der Waals surface area contributed by atoms with Crippen LogP contribution in [0.5, 0.6) is 0 Å². The van der Waals surface area contributed by atoms with E-state index in [0.717, 1.165) is 6.42 Å². The van der Waals surface area contributed by atoms with Crippen molar-refractivity contribution in [1.82, 2.24) is 5.32 Å². The Morgan fingerprint density at radius 3 is 2.50 bits per heavy atom. The Morgan fingerprint density at radius 2 is 2.17 bits per heavy atom. The van der Waals surface area contributed by atoms with Crippen molar-refractivity contribution in [2.75, 3.05) is 0 Å². The standard InChI is InChI=1S/C9H14N2O/c1-6-4-7(6)11-8(12)9(2,3)5-10/h6-7H,4H2,1-3H3,(H,11,12). The average molecular weight is 166 g/mol. The van der Waals surface area contributed by atoms with Crippen LogP contribution in [0.15, 0.2) is 0 Å². The summed E-state index contributed by atoms with van der Waals surface area (Å²) >= 11 is 0. The van der Waals surface area contributed by atoms with Gasteiger partial charge in [-0.1, -0.05) is 6.92 Å². The molecule has 1 fully saturated rings. The van der Waals surface area contributed by atoms with Gasteiger partial charge in [-0.15, -0.1) is 0 Å². The third kappa shape index (κ3) is 1.76. The zero-order valence-corrected chi connectivity index (χ0v) is 7.72. The molecule has 66 valence electrons. The molecule has 1 aliphatic rings. The number of hydrogen-bond donors (Lipinski definition) is 1. The normalized spacial score (nSPS) is 27.5. The number of hydrogen-bond acceptors (Lipinski definition) is 2. The second-order valence-electron chi connectivity index (χ2n) is 4.03. The molecular weight excluding hydrogens is 152 g/mol. The lowest BCUT2D eigenvalue weighted by Gasteiger charge is -2.14. The number of carbonyl (C=O) groups excluding carboxylic acids is 1. The van der Waals surface area contributed by atoms with Gasteiger partial charge in [-0.2, -0.15) is 5.26 Å². The summed E-state index contributed by atoms with van der Waals surface area (Å²) in [4.78, 5) is 11.4. The van der Waals surface area contributed by atoms with E-state index in [1.807, 2.05) is 6.07 Å². The minimum absolute atomic E-state index is 0.153. The fourth-order valence-corrected chi connectivity index (χ4v) is 0.923. The van der Waals surface area contributed by atoms with E-state index in [2.05, 4.69) is 12.2 Å². The van der Waals surface area contributed by atoms with Crippen LogP contribution in [0.25, 0.3) is 0 Å². The van der Waals surface area contributed by atoms with Gasteiger partial charge >= 0.3 is 0 Å². The van der Waals surface area contributed by atoms with Crippen LogP contribution in [0.1, 0.15) is 27.2 Å². The molecule has 0 radical (unpaired) electrons. The van der Waals surface area contributed by atoms with Crippen LogP contribution in [0.4, 0.5) is 0 Å². The van der Waals surface area contributed by atoms with Crippen molar-refractivity contribution in [2.24, 2.45) is 11.3 Å².